The summed E-state index contributed by atoms with van der Waals surface area (Å²) in [5.41, 5.74) is 3.50. The Morgan fingerprint density at radius 2 is 1.63 bits per heavy atom. The van der Waals surface area contributed by atoms with Crippen LogP contribution in [-0.2, 0) is 4.79 Å². The van der Waals surface area contributed by atoms with Gasteiger partial charge in [-0.15, -0.1) is 10.2 Å². The Balaban J connectivity index is 1.57. The molecule has 2 aromatic carbocycles. The van der Waals surface area contributed by atoms with Crippen molar-refractivity contribution >= 4 is 35.1 Å². The van der Waals surface area contributed by atoms with E-state index in [0.717, 1.165) is 5.69 Å². The normalized spacial score (nSPS) is 10.7. The highest BCUT2D eigenvalue weighted by Crippen LogP contribution is 2.22. The first-order valence-electron chi connectivity index (χ1n) is 9.48. The highest BCUT2D eigenvalue weighted by atomic mass is 32.2. The zero-order chi connectivity index (χ0) is 21.5. The van der Waals surface area contributed by atoms with Crippen LogP contribution in [-0.4, -0.2) is 39.5 Å². The first kappa shape index (κ1) is 21.4. The minimum Gasteiger partial charge on any atom is -0.341 e. The number of urea groups is 1. The van der Waals surface area contributed by atoms with Crippen molar-refractivity contribution < 1.29 is 9.59 Å². The molecule has 8 nitrogen and oxygen atoms in total. The molecule has 30 heavy (non-hydrogen) atoms. The zero-order valence-corrected chi connectivity index (χ0v) is 17.9. The number of carbonyl (C=O) groups is 2. The van der Waals surface area contributed by atoms with Crippen LogP contribution in [0, 0.1) is 0 Å². The second kappa shape index (κ2) is 9.93. The van der Waals surface area contributed by atoms with Crippen LogP contribution in [0.25, 0.3) is 5.69 Å². The lowest BCUT2D eigenvalue weighted by molar-refractivity contribution is -0.113. The molecular formula is C21H24N6O2S. The zero-order valence-electron chi connectivity index (χ0n) is 17.0. The van der Waals surface area contributed by atoms with Gasteiger partial charge in [0.25, 0.3) is 0 Å². The number of rotatable bonds is 7. The molecule has 0 unspecified atom stereocenters. The van der Waals surface area contributed by atoms with Gasteiger partial charge in [-0.2, -0.15) is 0 Å². The number of anilines is 2. The number of amides is 3. The fourth-order valence-electron chi connectivity index (χ4n) is 2.68. The molecule has 3 aromatic rings. The SMILES string of the molecule is CNC(=O)Nc1ccc(NC(=O)CSc2nncn2-c2ccc(C(C)C)cc2)cc1. The second-order valence-electron chi connectivity index (χ2n) is 6.85. The van der Waals surface area contributed by atoms with Crippen LogP contribution in [0.4, 0.5) is 16.2 Å². The highest BCUT2D eigenvalue weighted by Gasteiger charge is 2.11. The Morgan fingerprint density at radius 1 is 1.00 bits per heavy atom. The van der Waals surface area contributed by atoms with E-state index in [2.05, 4.69) is 52.1 Å². The van der Waals surface area contributed by atoms with E-state index in [0.29, 0.717) is 22.4 Å². The van der Waals surface area contributed by atoms with Crippen molar-refractivity contribution in [3.05, 3.63) is 60.4 Å². The number of hydrogen-bond donors (Lipinski definition) is 3. The molecule has 3 N–H and O–H groups in total. The summed E-state index contributed by atoms with van der Waals surface area (Å²) in [5.74, 6) is 0.504. The molecule has 0 atom stereocenters. The van der Waals surface area contributed by atoms with Gasteiger partial charge >= 0.3 is 6.03 Å². The van der Waals surface area contributed by atoms with Gasteiger partial charge in [0.15, 0.2) is 5.16 Å². The van der Waals surface area contributed by atoms with Crippen molar-refractivity contribution in [1.82, 2.24) is 20.1 Å². The van der Waals surface area contributed by atoms with Gasteiger partial charge < -0.3 is 16.0 Å². The summed E-state index contributed by atoms with van der Waals surface area (Å²) in [6, 6.07) is 14.8. The van der Waals surface area contributed by atoms with Gasteiger partial charge in [0.1, 0.15) is 6.33 Å². The third-order valence-corrected chi connectivity index (χ3v) is 5.28. The van der Waals surface area contributed by atoms with Gasteiger partial charge in [0.05, 0.1) is 5.75 Å². The maximum absolute atomic E-state index is 12.3. The van der Waals surface area contributed by atoms with E-state index < -0.39 is 0 Å². The average Bonchev–Trinajstić information content (AvgIpc) is 3.22. The average molecular weight is 425 g/mol. The standard InChI is InChI=1S/C21H24N6O2S/c1-14(2)15-4-10-18(11-5-15)27-13-23-26-21(27)30-12-19(28)24-16-6-8-17(9-7-16)25-20(29)22-3/h4-11,13-14H,12H2,1-3H3,(H,24,28)(H2,22,25,29). The number of nitrogens with one attached hydrogen (secondary N) is 3. The number of aromatic nitrogens is 3. The Labute approximate surface area is 179 Å². The van der Waals surface area contributed by atoms with E-state index in [9.17, 15) is 9.59 Å². The molecule has 0 spiro atoms. The third-order valence-electron chi connectivity index (χ3n) is 4.34. The summed E-state index contributed by atoms with van der Waals surface area (Å²) in [7, 11) is 1.54. The Hall–Kier alpha value is -3.33. The monoisotopic (exact) mass is 424 g/mol. The van der Waals surface area contributed by atoms with Crippen molar-refractivity contribution in [3.8, 4) is 5.69 Å². The van der Waals surface area contributed by atoms with Crippen molar-refractivity contribution in [2.24, 2.45) is 0 Å². The summed E-state index contributed by atoms with van der Waals surface area (Å²) >= 11 is 1.31. The molecule has 0 aliphatic carbocycles. The molecular weight excluding hydrogens is 400 g/mol. The molecule has 0 aliphatic heterocycles. The topological polar surface area (TPSA) is 101 Å². The van der Waals surface area contributed by atoms with Crippen LogP contribution >= 0.6 is 11.8 Å². The third kappa shape index (κ3) is 5.60. The van der Waals surface area contributed by atoms with Gasteiger partial charge in [-0.05, 0) is 47.9 Å². The fraction of sp³-hybridized carbons (Fsp3) is 0.238. The molecule has 0 saturated heterocycles. The largest absolute Gasteiger partial charge is 0.341 e. The van der Waals surface area contributed by atoms with Crippen molar-refractivity contribution in [1.29, 1.82) is 0 Å². The number of nitrogens with zero attached hydrogens (tertiary/aromatic N) is 3. The number of hydrogen-bond acceptors (Lipinski definition) is 5. The molecule has 0 fully saturated rings. The molecule has 1 heterocycles. The summed E-state index contributed by atoms with van der Waals surface area (Å²) in [4.78, 5) is 23.6. The maximum atomic E-state index is 12.3. The van der Waals surface area contributed by atoms with Crippen molar-refractivity contribution in [3.63, 3.8) is 0 Å². The Morgan fingerprint density at radius 3 is 2.23 bits per heavy atom. The smallest absolute Gasteiger partial charge is 0.318 e. The molecule has 3 rings (SSSR count). The summed E-state index contributed by atoms with van der Waals surface area (Å²) in [6.45, 7) is 4.30. The van der Waals surface area contributed by atoms with E-state index in [4.69, 9.17) is 0 Å². The van der Waals surface area contributed by atoms with Crippen LogP contribution in [0.5, 0.6) is 0 Å². The lowest BCUT2D eigenvalue weighted by Gasteiger charge is -2.10. The van der Waals surface area contributed by atoms with Gasteiger partial charge in [-0.25, -0.2) is 4.79 Å². The lowest BCUT2D eigenvalue weighted by atomic mass is 10.0. The number of carbonyl (C=O) groups excluding carboxylic acids is 2. The summed E-state index contributed by atoms with van der Waals surface area (Å²) < 4.78 is 1.86. The van der Waals surface area contributed by atoms with Crippen molar-refractivity contribution in [2.75, 3.05) is 23.4 Å². The molecule has 3 amide bonds. The summed E-state index contributed by atoms with van der Waals surface area (Å²) in [5, 5.41) is 16.7. The number of benzene rings is 2. The van der Waals surface area contributed by atoms with E-state index in [-0.39, 0.29) is 17.7 Å². The van der Waals surface area contributed by atoms with E-state index in [1.54, 1.807) is 37.6 Å². The number of thioether (sulfide) groups is 1. The predicted molar refractivity (Wildman–Crippen MR) is 119 cm³/mol. The second-order valence-corrected chi connectivity index (χ2v) is 7.79. The first-order valence-corrected chi connectivity index (χ1v) is 10.5. The van der Waals surface area contributed by atoms with Crippen LogP contribution in [0.15, 0.2) is 60.0 Å². The van der Waals surface area contributed by atoms with Gasteiger partial charge in [0, 0.05) is 24.1 Å². The minimum absolute atomic E-state index is 0.156. The lowest BCUT2D eigenvalue weighted by Crippen LogP contribution is -2.24. The van der Waals surface area contributed by atoms with Gasteiger partial charge in [-0.3, -0.25) is 9.36 Å². The fourth-order valence-corrected chi connectivity index (χ4v) is 3.41. The predicted octanol–water partition coefficient (Wildman–Crippen LogP) is 3.87. The minimum atomic E-state index is -0.300. The van der Waals surface area contributed by atoms with E-state index in [1.807, 2.05) is 16.7 Å². The summed E-state index contributed by atoms with van der Waals surface area (Å²) in [6.07, 6.45) is 1.64. The molecule has 0 aliphatic rings. The maximum Gasteiger partial charge on any atom is 0.318 e. The van der Waals surface area contributed by atoms with Crippen LogP contribution in [0.3, 0.4) is 0 Å². The molecule has 0 radical (unpaired) electrons. The first-order chi connectivity index (χ1) is 14.5. The van der Waals surface area contributed by atoms with Crippen molar-refractivity contribution in [2.45, 2.75) is 24.9 Å². The van der Waals surface area contributed by atoms with E-state index in [1.165, 1.54) is 17.3 Å². The molecule has 1 aromatic heterocycles. The van der Waals surface area contributed by atoms with Crippen LogP contribution < -0.4 is 16.0 Å². The van der Waals surface area contributed by atoms with Crippen LogP contribution in [0.1, 0.15) is 25.3 Å². The molecule has 0 bridgehead atoms. The highest BCUT2D eigenvalue weighted by molar-refractivity contribution is 7.99. The van der Waals surface area contributed by atoms with Gasteiger partial charge in [0.2, 0.25) is 5.91 Å². The molecule has 0 saturated carbocycles. The Kier molecular flexibility index (Phi) is 7.08. The molecule has 9 heteroatoms. The molecule has 156 valence electrons. The van der Waals surface area contributed by atoms with E-state index >= 15 is 0 Å². The Bertz CT molecular complexity index is 999. The quantitative estimate of drug-likeness (QED) is 0.500. The van der Waals surface area contributed by atoms with Gasteiger partial charge in [-0.1, -0.05) is 37.7 Å². The van der Waals surface area contributed by atoms with Crippen LogP contribution in [0.2, 0.25) is 0 Å².